The van der Waals surface area contributed by atoms with Crippen LogP contribution in [0.5, 0.6) is 11.5 Å². The Bertz CT molecular complexity index is 670. The maximum Gasteiger partial charge on any atom is 0.646 e. The number of rotatable bonds is 13. The van der Waals surface area contributed by atoms with Gasteiger partial charge in [-0.25, -0.2) is 0 Å². The van der Waals surface area contributed by atoms with Gasteiger partial charge in [-0.05, 0) is 30.7 Å². The molecule has 0 radical (unpaired) electrons. The van der Waals surface area contributed by atoms with Gasteiger partial charge in [0.2, 0.25) is 0 Å². The van der Waals surface area contributed by atoms with E-state index in [1.54, 1.807) is 48.5 Å². The zero-order valence-electron chi connectivity index (χ0n) is 16.0. The fourth-order valence-electron chi connectivity index (χ4n) is 2.58. The standard InChI is InChI=1S/C22H29O4P/c1-3-4-5-6-7-10-15-20(2)24-27(23,25-21-16-11-8-12-17-21)26-22-18-13-9-14-19-22/h8-9,11-14,16-19H,2-7,10,15H2,1H3. The lowest BCUT2D eigenvalue weighted by Gasteiger charge is -2.20. The van der Waals surface area contributed by atoms with Crippen molar-refractivity contribution < 1.29 is 18.1 Å². The molecule has 0 saturated carbocycles. The van der Waals surface area contributed by atoms with Crippen LogP contribution in [0.1, 0.15) is 51.9 Å². The Balaban J connectivity index is 1.95. The molecule has 0 amide bonds. The summed E-state index contributed by atoms with van der Waals surface area (Å²) in [5.41, 5.74) is 0. The number of unbranched alkanes of at least 4 members (excludes halogenated alkanes) is 5. The minimum Gasteiger partial charge on any atom is -0.391 e. The maximum atomic E-state index is 13.2. The molecule has 27 heavy (non-hydrogen) atoms. The molecule has 0 N–H and O–H groups in total. The zero-order valence-corrected chi connectivity index (χ0v) is 16.9. The third-order valence-electron chi connectivity index (χ3n) is 3.97. The Morgan fingerprint density at radius 1 is 0.815 bits per heavy atom. The van der Waals surface area contributed by atoms with Gasteiger partial charge < -0.3 is 13.6 Å². The molecule has 146 valence electrons. The van der Waals surface area contributed by atoms with Gasteiger partial charge in [0, 0.05) is 6.42 Å². The summed E-state index contributed by atoms with van der Waals surface area (Å²) in [4.78, 5) is 0. The Hall–Kier alpha value is -2.19. The van der Waals surface area contributed by atoms with Gasteiger partial charge in [-0.2, -0.15) is 4.57 Å². The molecule has 2 aromatic rings. The molecule has 0 aliphatic carbocycles. The molecule has 4 nitrogen and oxygen atoms in total. The monoisotopic (exact) mass is 388 g/mol. The Kier molecular flexibility index (Phi) is 9.00. The van der Waals surface area contributed by atoms with E-state index >= 15 is 0 Å². The highest BCUT2D eigenvalue weighted by Gasteiger charge is 2.33. The second kappa shape index (κ2) is 11.5. The van der Waals surface area contributed by atoms with Gasteiger partial charge in [0.05, 0.1) is 0 Å². The molecule has 0 saturated heterocycles. The second-order valence-electron chi connectivity index (χ2n) is 6.40. The van der Waals surface area contributed by atoms with Crippen molar-refractivity contribution in [2.45, 2.75) is 51.9 Å². The predicted octanol–water partition coefficient (Wildman–Crippen LogP) is 7.53. The molecule has 0 unspecified atom stereocenters. The lowest BCUT2D eigenvalue weighted by atomic mass is 10.1. The highest BCUT2D eigenvalue weighted by Crippen LogP contribution is 2.51. The van der Waals surface area contributed by atoms with Crippen LogP contribution in [0.2, 0.25) is 0 Å². The first kappa shape index (κ1) is 21.1. The number of phosphoric acid groups is 1. The summed E-state index contributed by atoms with van der Waals surface area (Å²) in [5, 5.41) is 0. The molecule has 0 aliphatic heterocycles. The van der Waals surface area contributed by atoms with E-state index in [0.717, 1.165) is 12.8 Å². The summed E-state index contributed by atoms with van der Waals surface area (Å²) in [7, 11) is -3.89. The van der Waals surface area contributed by atoms with E-state index in [9.17, 15) is 4.57 Å². The smallest absolute Gasteiger partial charge is 0.391 e. The third kappa shape index (κ3) is 8.36. The molecule has 0 atom stereocenters. The Morgan fingerprint density at radius 2 is 1.30 bits per heavy atom. The van der Waals surface area contributed by atoms with Gasteiger partial charge in [-0.15, -0.1) is 0 Å². The summed E-state index contributed by atoms with van der Waals surface area (Å²) in [6.45, 7) is 6.10. The largest absolute Gasteiger partial charge is 0.646 e. The number of benzene rings is 2. The van der Waals surface area contributed by atoms with Gasteiger partial charge >= 0.3 is 7.82 Å². The molecular weight excluding hydrogens is 359 g/mol. The minimum absolute atomic E-state index is 0.417. The van der Waals surface area contributed by atoms with Gasteiger partial charge in [0.1, 0.15) is 17.3 Å². The summed E-state index contributed by atoms with van der Waals surface area (Å²) in [5.74, 6) is 1.26. The molecule has 0 heterocycles. The van der Waals surface area contributed by atoms with Crippen LogP contribution in [-0.4, -0.2) is 0 Å². The number of hydrogen-bond donors (Lipinski definition) is 0. The van der Waals surface area contributed by atoms with Crippen molar-refractivity contribution in [3.05, 3.63) is 73.0 Å². The van der Waals surface area contributed by atoms with Crippen LogP contribution in [0, 0.1) is 0 Å². The average Bonchev–Trinajstić information content (AvgIpc) is 2.66. The van der Waals surface area contributed by atoms with Crippen molar-refractivity contribution in [1.82, 2.24) is 0 Å². The van der Waals surface area contributed by atoms with E-state index in [0.29, 0.717) is 23.7 Å². The van der Waals surface area contributed by atoms with E-state index in [4.69, 9.17) is 13.6 Å². The molecule has 5 heteroatoms. The van der Waals surface area contributed by atoms with Crippen LogP contribution < -0.4 is 9.05 Å². The first-order chi connectivity index (χ1) is 13.1. The lowest BCUT2D eigenvalue weighted by Crippen LogP contribution is -2.05. The molecule has 2 rings (SSSR count). The zero-order chi connectivity index (χ0) is 19.4. The Morgan fingerprint density at radius 3 is 1.81 bits per heavy atom. The number of para-hydroxylation sites is 2. The quantitative estimate of drug-likeness (QED) is 0.202. The molecule has 0 spiro atoms. The van der Waals surface area contributed by atoms with Crippen LogP contribution in [0.15, 0.2) is 73.0 Å². The van der Waals surface area contributed by atoms with Crippen LogP contribution in [0.3, 0.4) is 0 Å². The van der Waals surface area contributed by atoms with Crippen molar-refractivity contribution in [3.8, 4) is 11.5 Å². The topological polar surface area (TPSA) is 44.8 Å². The molecule has 2 aromatic carbocycles. The average molecular weight is 388 g/mol. The van der Waals surface area contributed by atoms with Gasteiger partial charge in [-0.1, -0.05) is 82.0 Å². The summed E-state index contributed by atoms with van der Waals surface area (Å²) in [6, 6.07) is 17.7. The highest BCUT2D eigenvalue weighted by atomic mass is 31.2. The maximum absolute atomic E-state index is 13.2. The fraction of sp³-hybridized carbons (Fsp3) is 0.364. The fourth-order valence-corrected chi connectivity index (χ4v) is 3.86. The first-order valence-corrected chi connectivity index (χ1v) is 11.0. The van der Waals surface area contributed by atoms with Crippen LogP contribution >= 0.6 is 7.82 Å². The number of allylic oxidation sites excluding steroid dienone is 1. The van der Waals surface area contributed by atoms with Crippen LogP contribution in [-0.2, 0) is 9.09 Å². The van der Waals surface area contributed by atoms with Crippen LogP contribution in [0.25, 0.3) is 0 Å². The lowest BCUT2D eigenvalue weighted by molar-refractivity contribution is 0.250. The molecule has 0 aliphatic rings. The summed E-state index contributed by atoms with van der Waals surface area (Å²) in [6.07, 6.45) is 7.61. The van der Waals surface area contributed by atoms with E-state index in [1.807, 2.05) is 12.1 Å². The SMILES string of the molecule is C=C(CCCCCCCC)OP(=O)(Oc1ccccc1)Oc1ccccc1. The summed E-state index contributed by atoms with van der Waals surface area (Å²) >= 11 is 0. The van der Waals surface area contributed by atoms with Crippen molar-refractivity contribution in [2.24, 2.45) is 0 Å². The van der Waals surface area contributed by atoms with Crippen LogP contribution in [0.4, 0.5) is 0 Å². The minimum atomic E-state index is -3.89. The van der Waals surface area contributed by atoms with E-state index in [1.165, 1.54) is 25.7 Å². The number of phosphoric ester groups is 1. The number of hydrogen-bond acceptors (Lipinski definition) is 4. The third-order valence-corrected chi connectivity index (χ3v) is 5.32. The van der Waals surface area contributed by atoms with Gasteiger partial charge in [0.15, 0.2) is 0 Å². The molecule has 0 bridgehead atoms. The van der Waals surface area contributed by atoms with Gasteiger partial charge in [-0.3, -0.25) is 0 Å². The summed E-state index contributed by atoms with van der Waals surface area (Å²) < 4.78 is 30.0. The van der Waals surface area contributed by atoms with Crippen molar-refractivity contribution in [1.29, 1.82) is 0 Å². The van der Waals surface area contributed by atoms with Crippen molar-refractivity contribution in [2.75, 3.05) is 0 Å². The van der Waals surface area contributed by atoms with Crippen molar-refractivity contribution in [3.63, 3.8) is 0 Å². The first-order valence-electron chi connectivity index (χ1n) is 9.58. The highest BCUT2D eigenvalue weighted by molar-refractivity contribution is 7.49. The van der Waals surface area contributed by atoms with Gasteiger partial charge in [0.25, 0.3) is 0 Å². The molecular formula is C22H29O4P. The van der Waals surface area contributed by atoms with E-state index in [2.05, 4.69) is 13.5 Å². The molecule has 0 aromatic heterocycles. The van der Waals surface area contributed by atoms with E-state index in [-0.39, 0.29) is 0 Å². The Labute approximate surface area is 162 Å². The second-order valence-corrected chi connectivity index (χ2v) is 7.85. The molecule has 0 fully saturated rings. The predicted molar refractivity (Wildman–Crippen MR) is 110 cm³/mol. The van der Waals surface area contributed by atoms with E-state index < -0.39 is 7.82 Å². The van der Waals surface area contributed by atoms with Crippen molar-refractivity contribution >= 4 is 7.82 Å². The normalized spacial score (nSPS) is 11.0.